The number of sulfonamides is 1. The molecule has 3 aromatic rings. The topological polar surface area (TPSA) is 138 Å². The van der Waals surface area contributed by atoms with Crippen molar-refractivity contribution in [2.75, 3.05) is 11.9 Å². The fourth-order valence-electron chi connectivity index (χ4n) is 4.41. The summed E-state index contributed by atoms with van der Waals surface area (Å²) in [5, 5.41) is 7.07. The molecule has 0 atom stereocenters. The van der Waals surface area contributed by atoms with Crippen molar-refractivity contribution in [3.8, 4) is 10.4 Å². The number of anilines is 2. The Morgan fingerprint density at radius 2 is 1.95 bits per heavy atom. The van der Waals surface area contributed by atoms with Gasteiger partial charge in [-0.15, -0.1) is 11.3 Å². The van der Waals surface area contributed by atoms with Gasteiger partial charge in [0.25, 0.3) is 0 Å². The molecule has 0 unspecified atom stereocenters. The first-order chi connectivity index (χ1) is 17.6. The molecule has 1 fully saturated rings. The molecule has 1 amide bonds. The van der Waals surface area contributed by atoms with Crippen LogP contribution in [0.4, 0.5) is 16.4 Å². The summed E-state index contributed by atoms with van der Waals surface area (Å²) in [6.45, 7) is 7.59. The van der Waals surface area contributed by atoms with E-state index in [1.165, 1.54) is 11.3 Å². The monoisotopic (exact) mass is 546 g/mol. The maximum Gasteiger partial charge on any atom is 0.407 e. The van der Waals surface area contributed by atoms with E-state index < -0.39 is 10.0 Å². The minimum atomic E-state index is -3.74. The van der Waals surface area contributed by atoms with E-state index in [0.717, 1.165) is 41.3 Å². The molecule has 37 heavy (non-hydrogen) atoms. The van der Waals surface area contributed by atoms with Crippen molar-refractivity contribution in [2.45, 2.75) is 76.3 Å². The Balaban J connectivity index is 1.51. The summed E-state index contributed by atoms with van der Waals surface area (Å²) in [7, 11) is -3.74. The first-order valence-electron chi connectivity index (χ1n) is 12.5. The number of ether oxygens (including phenoxy) is 1. The third-order valence-electron chi connectivity index (χ3n) is 6.10. The van der Waals surface area contributed by atoms with Crippen LogP contribution in [-0.4, -0.2) is 48.2 Å². The molecule has 1 aliphatic rings. The van der Waals surface area contributed by atoms with Crippen LogP contribution in [0.2, 0.25) is 0 Å². The lowest BCUT2D eigenvalue weighted by atomic mass is 9.86. The van der Waals surface area contributed by atoms with Gasteiger partial charge in [0, 0.05) is 47.8 Å². The van der Waals surface area contributed by atoms with Crippen LogP contribution in [0, 0.1) is 6.92 Å². The van der Waals surface area contributed by atoms with E-state index in [4.69, 9.17) is 4.74 Å². The maximum absolute atomic E-state index is 13.1. The molecule has 0 aliphatic heterocycles. The molecule has 0 spiro atoms. The number of aryl methyl sites for hydroxylation is 1. The van der Waals surface area contributed by atoms with Crippen molar-refractivity contribution in [1.29, 1.82) is 0 Å². The molecule has 1 aromatic carbocycles. The van der Waals surface area contributed by atoms with Crippen LogP contribution in [0.1, 0.15) is 63.1 Å². The molecular weight excluding hydrogens is 512 g/mol. The second kappa shape index (κ2) is 11.6. The third kappa shape index (κ3) is 6.88. The number of H-pyrrole nitrogens is 1. The summed E-state index contributed by atoms with van der Waals surface area (Å²) in [6, 6.07) is 5.36. The lowest BCUT2D eigenvalue weighted by molar-refractivity contribution is 0.109. The van der Waals surface area contributed by atoms with Crippen LogP contribution in [-0.2, 0) is 14.8 Å². The number of benzene rings is 1. The molecule has 1 saturated carbocycles. The zero-order valence-corrected chi connectivity index (χ0v) is 23.1. The largest absolute Gasteiger partial charge is 0.447 e. The van der Waals surface area contributed by atoms with Gasteiger partial charge < -0.3 is 20.4 Å². The number of carbonyl (C=O) groups is 1. The number of aromatic nitrogens is 3. The number of rotatable bonds is 9. The summed E-state index contributed by atoms with van der Waals surface area (Å²) >= 11 is 1.52. The summed E-state index contributed by atoms with van der Waals surface area (Å²) in [4.78, 5) is 24.9. The van der Waals surface area contributed by atoms with E-state index in [0.29, 0.717) is 17.2 Å². The van der Waals surface area contributed by atoms with E-state index in [-0.39, 0.29) is 35.6 Å². The minimum Gasteiger partial charge on any atom is -0.447 e. The summed E-state index contributed by atoms with van der Waals surface area (Å²) < 4.78 is 34.0. The highest BCUT2D eigenvalue weighted by Gasteiger charge is 2.27. The number of thiazole rings is 1. The van der Waals surface area contributed by atoms with Gasteiger partial charge in [0.1, 0.15) is 0 Å². The van der Waals surface area contributed by atoms with E-state index in [1.54, 1.807) is 31.5 Å². The number of alkyl carbamates (subject to hydrolysis) is 1. The highest BCUT2D eigenvalue weighted by Crippen LogP contribution is 2.40. The molecule has 0 bridgehead atoms. The third-order valence-corrected chi connectivity index (χ3v) is 8.88. The van der Waals surface area contributed by atoms with Crippen molar-refractivity contribution in [3.63, 3.8) is 0 Å². The van der Waals surface area contributed by atoms with Crippen LogP contribution in [0.3, 0.4) is 0 Å². The Hall–Kier alpha value is -2.96. The van der Waals surface area contributed by atoms with Crippen molar-refractivity contribution >= 4 is 39.1 Å². The van der Waals surface area contributed by atoms with E-state index in [2.05, 4.69) is 30.3 Å². The average Bonchev–Trinajstić information content (AvgIpc) is 3.48. The van der Waals surface area contributed by atoms with Crippen LogP contribution >= 0.6 is 11.3 Å². The molecule has 4 N–H and O–H groups in total. The number of amides is 1. The Morgan fingerprint density at radius 3 is 2.59 bits per heavy atom. The van der Waals surface area contributed by atoms with Crippen LogP contribution in [0.15, 0.2) is 35.5 Å². The van der Waals surface area contributed by atoms with Crippen LogP contribution < -0.4 is 15.4 Å². The van der Waals surface area contributed by atoms with Gasteiger partial charge in [-0.1, -0.05) is 13.0 Å². The normalized spacial score (nSPS) is 18.1. The Kier molecular flexibility index (Phi) is 8.50. The lowest BCUT2D eigenvalue weighted by Crippen LogP contribution is -2.38. The van der Waals surface area contributed by atoms with Gasteiger partial charge in [-0.2, -0.15) is 0 Å². The summed E-state index contributed by atoms with van der Waals surface area (Å²) in [5.41, 5.74) is 2.12. The smallest absolute Gasteiger partial charge is 0.407 e. The number of carbonyl (C=O) groups excluding carboxylic acids is 1. The Labute approximate surface area is 221 Å². The number of nitrogens with zero attached hydrogens (tertiary/aromatic N) is 2. The molecule has 12 heteroatoms. The van der Waals surface area contributed by atoms with Gasteiger partial charge in [0.05, 0.1) is 20.9 Å². The van der Waals surface area contributed by atoms with Crippen molar-refractivity contribution in [1.82, 2.24) is 25.0 Å². The number of nitrogens with one attached hydrogen (secondary N) is 4. The van der Waals surface area contributed by atoms with E-state index in [1.807, 2.05) is 26.8 Å². The second-order valence-corrected chi connectivity index (χ2v) is 12.3. The van der Waals surface area contributed by atoms with Gasteiger partial charge in [-0.05, 0) is 58.6 Å². The van der Waals surface area contributed by atoms with Gasteiger partial charge in [0.15, 0.2) is 0 Å². The second-order valence-electron chi connectivity index (χ2n) is 9.46. The average molecular weight is 547 g/mol. The summed E-state index contributed by atoms with van der Waals surface area (Å²) in [6.07, 6.45) is 6.43. The molecule has 4 rings (SSSR count). The zero-order chi connectivity index (χ0) is 26.6. The van der Waals surface area contributed by atoms with Crippen LogP contribution in [0.5, 0.6) is 0 Å². The van der Waals surface area contributed by atoms with Crippen molar-refractivity contribution < 1.29 is 17.9 Å². The standard InChI is InChI=1S/C25H34N6O4S2/c1-5-28-37(33,34)22-12-19(30-24-27-13-16(4)29-24)10-11-20(22)21-14-26-23(36-21)17-6-8-18(9-7-17)31-25(32)35-15(2)3/h10-15,17-18,28H,5-9H2,1-4H3,(H,31,32)(H2,27,29,30). The molecular formula is C25H34N6O4S2. The number of aromatic amines is 1. The van der Waals surface area contributed by atoms with Crippen LogP contribution in [0.25, 0.3) is 10.4 Å². The van der Waals surface area contributed by atoms with Crippen molar-refractivity contribution in [3.05, 3.63) is 41.3 Å². The highest BCUT2D eigenvalue weighted by atomic mass is 32.2. The molecule has 1 aliphatic carbocycles. The first kappa shape index (κ1) is 27.1. The quantitative estimate of drug-likeness (QED) is 0.295. The van der Waals surface area contributed by atoms with Gasteiger partial charge >= 0.3 is 6.09 Å². The number of hydrogen-bond acceptors (Lipinski definition) is 8. The number of hydrogen-bond donors (Lipinski definition) is 4. The molecule has 2 aromatic heterocycles. The van der Waals surface area contributed by atoms with Gasteiger partial charge in [-0.25, -0.2) is 27.9 Å². The zero-order valence-electron chi connectivity index (χ0n) is 21.5. The molecule has 200 valence electrons. The molecule has 10 nitrogen and oxygen atoms in total. The van der Waals surface area contributed by atoms with E-state index in [9.17, 15) is 13.2 Å². The molecule has 2 heterocycles. The maximum atomic E-state index is 13.1. The van der Waals surface area contributed by atoms with E-state index >= 15 is 0 Å². The highest BCUT2D eigenvalue weighted by molar-refractivity contribution is 7.89. The first-order valence-corrected chi connectivity index (χ1v) is 14.8. The molecule has 0 radical (unpaired) electrons. The Morgan fingerprint density at radius 1 is 1.19 bits per heavy atom. The SMILES string of the molecule is CCNS(=O)(=O)c1cc(Nc2ncc(C)[nH]2)ccc1-c1cnc(C2CCC(NC(=O)OC(C)C)CC2)s1. The number of imidazole rings is 1. The lowest BCUT2D eigenvalue weighted by Gasteiger charge is -2.28. The fourth-order valence-corrected chi connectivity index (χ4v) is 6.88. The van der Waals surface area contributed by atoms with Gasteiger partial charge in [0.2, 0.25) is 16.0 Å². The minimum absolute atomic E-state index is 0.0943. The predicted molar refractivity (Wildman–Crippen MR) is 145 cm³/mol. The fraction of sp³-hybridized carbons (Fsp3) is 0.480. The van der Waals surface area contributed by atoms with Gasteiger partial charge in [-0.3, -0.25) is 0 Å². The van der Waals surface area contributed by atoms with Crippen molar-refractivity contribution in [2.24, 2.45) is 0 Å². The summed E-state index contributed by atoms with van der Waals surface area (Å²) in [5.74, 6) is 0.814. The molecule has 0 saturated heterocycles. The predicted octanol–water partition coefficient (Wildman–Crippen LogP) is 5.04. The Bertz CT molecular complexity index is 1330.